The monoisotopic (exact) mass is 408 g/mol. The lowest BCUT2D eigenvalue weighted by atomic mass is 10.1. The summed E-state index contributed by atoms with van der Waals surface area (Å²) in [5.41, 5.74) is 1.73. The second-order valence-corrected chi connectivity index (χ2v) is 7.16. The average Bonchev–Trinajstić information content (AvgIpc) is 3.44. The molecule has 3 heterocycles. The maximum atomic E-state index is 12.3. The fraction of sp³-hybridized carbons (Fsp3) is 0.100. The number of imide groups is 1. The number of amides is 2. The number of hydrogen-bond acceptors (Lipinski definition) is 8. The van der Waals surface area contributed by atoms with E-state index in [1.54, 1.807) is 23.6 Å². The number of hydroxylamine groups is 2. The number of rotatable bonds is 4. The molecule has 0 atom stereocenters. The average molecular weight is 408 g/mol. The zero-order valence-corrected chi connectivity index (χ0v) is 15.6. The molecular weight excluding hydrogens is 396 g/mol. The van der Waals surface area contributed by atoms with Crippen molar-refractivity contribution in [3.05, 3.63) is 64.7 Å². The molecule has 0 saturated heterocycles. The van der Waals surface area contributed by atoms with Crippen molar-refractivity contribution >= 4 is 29.1 Å². The van der Waals surface area contributed by atoms with Gasteiger partial charge in [-0.15, -0.1) is 11.3 Å². The molecule has 8 nitrogen and oxygen atoms in total. The Morgan fingerprint density at radius 1 is 1.07 bits per heavy atom. The Hall–Kier alpha value is -3.72. The Labute approximate surface area is 168 Å². The van der Waals surface area contributed by atoms with E-state index < -0.39 is 17.8 Å². The molecule has 0 aliphatic carbocycles. The molecule has 0 bridgehead atoms. The van der Waals surface area contributed by atoms with Gasteiger partial charge in [0.15, 0.2) is 11.5 Å². The van der Waals surface area contributed by atoms with Gasteiger partial charge in [0.25, 0.3) is 11.8 Å². The van der Waals surface area contributed by atoms with Gasteiger partial charge in [-0.25, -0.2) is 9.78 Å². The highest BCUT2D eigenvalue weighted by atomic mass is 32.1. The van der Waals surface area contributed by atoms with Gasteiger partial charge in [0.2, 0.25) is 6.79 Å². The lowest BCUT2D eigenvalue weighted by molar-refractivity contribution is -0.167. The molecule has 1 aromatic heterocycles. The number of aromatic nitrogens is 1. The first kappa shape index (κ1) is 17.4. The quantitative estimate of drug-likeness (QED) is 0.613. The van der Waals surface area contributed by atoms with Crippen LogP contribution in [0.25, 0.3) is 10.6 Å². The third-order valence-corrected chi connectivity index (χ3v) is 5.39. The molecule has 5 rings (SSSR count). The third-order valence-electron chi connectivity index (χ3n) is 4.45. The van der Waals surface area contributed by atoms with Crippen LogP contribution >= 0.6 is 11.3 Å². The standard InChI is InChI=1S/C20H12N2O6S/c23-17(28-22-19(24)13-3-1-2-4-14(13)20(22)25)8-12-9-29-18(21-12)11-5-6-15-16(7-11)27-10-26-15/h1-7,9H,8,10H2. The largest absolute Gasteiger partial charge is 0.454 e. The van der Waals surface area contributed by atoms with Gasteiger partial charge in [-0.3, -0.25) is 9.59 Å². The summed E-state index contributed by atoms with van der Waals surface area (Å²) >= 11 is 1.36. The van der Waals surface area contributed by atoms with E-state index in [0.717, 1.165) is 5.56 Å². The fourth-order valence-electron chi connectivity index (χ4n) is 3.08. The van der Waals surface area contributed by atoms with Crippen molar-refractivity contribution in [1.82, 2.24) is 10.0 Å². The van der Waals surface area contributed by atoms with Crippen LogP contribution in [0.1, 0.15) is 26.4 Å². The van der Waals surface area contributed by atoms with Gasteiger partial charge in [-0.05, 0) is 30.3 Å². The number of thiazole rings is 1. The van der Waals surface area contributed by atoms with Gasteiger partial charge in [0, 0.05) is 10.9 Å². The summed E-state index contributed by atoms with van der Waals surface area (Å²) in [6.45, 7) is 0.186. The Bertz CT molecular complexity index is 1140. The van der Waals surface area contributed by atoms with Crippen molar-refractivity contribution in [2.24, 2.45) is 0 Å². The molecule has 0 N–H and O–H groups in total. The van der Waals surface area contributed by atoms with E-state index in [2.05, 4.69) is 4.98 Å². The van der Waals surface area contributed by atoms with Crippen LogP contribution in [0.15, 0.2) is 47.8 Å². The lowest BCUT2D eigenvalue weighted by Crippen LogP contribution is -2.33. The van der Waals surface area contributed by atoms with Crippen molar-refractivity contribution < 1.29 is 28.7 Å². The van der Waals surface area contributed by atoms with Crippen LogP contribution in [0.4, 0.5) is 0 Å². The minimum Gasteiger partial charge on any atom is -0.454 e. The number of carbonyl (C=O) groups excluding carboxylic acids is 3. The second-order valence-electron chi connectivity index (χ2n) is 6.30. The van der Waals surface area contributed by atoms with Crippen LogP contribution in [0, 0.1) is 0 Å². The molecule has 9 heteroatoms. The predicted molar refractivity (Wildman–Crippen MR) is 100 cm³/mol. The van der Waals surface area contributed by atoms with Gasteiger partial charge >= 0.3 is 5.97 Å². The minimum atomic E-state index is -0.748. The van der Waals surface area contributed by atoms with Crippen LogP contribution in [-0.2, 0) is 16.1 Å². The Morgan fingerprint density at radius 3 is 2.55 bits per heavy atom. The summed E-state index contributed by atoms with van der Waals surface area (Å²) in [5.74, 6) is -0.738. The van der Waals surface area contributed by atoms with Crippen LogP contribution in [0.5, 0.6) is 11.5 Å². The molecule has 2 aliphatic heterocycles. The molecule has 2 aliphatic rings. The Morgan fingerprint density at radius 2 is 1.79 bits per heavy atom. The van der Waals surface area contributed by atoms with Crippen molar-refractivity contribution in [3.8, 4) is 22.1 Å². The highest BCUT2D eigenvalue weighted by Crippen LogP contribution is 2.36. The van der Waals surface area contributed by atoms with E-state index in [1.807, 2.05) is 12.1 Å². The van der Waals surface area contributed by atoms with Crippen LogP contribution < -0.4 is 9.47 Å². The summed E-state index contributed by atoms with van der Waals surface area (Å²) in [5, 5.41) is 2.92. The molecule has 3 aromatic rings. The summed E-state index contributed by atoms with van der Waals surface area (Å²) in [4.78, 5) is 46.3. The summed E-state index contributed by atoms with van der Waals surface area (Å²) in [7, 11) is 0. The molecule has 144 valence electrons. The van der Waals surface area contributed by atoms with E-state index in [1.165, 1.54) is 23.5 Å². The molecular formula is C20H12N2O6S. The molecule has 0 fully saturated rings. The lowest BCUT2D eigenvalue weighted by Gasteiger charge is -2.12. The van der Waals surface area contributed by atoms with Crippen LogP contribution in [-0.4, -0.2) is 34.6 Å². The summed E-state index contributed by atoms with van der Waals surface area (Å²) < 4.78 is 10.7. The predicted octanol–water partition coefficient (Wildman–Crippen LogP) is 2.84. The van der Waals surface area contributed by atoms with Gasteiger partial charge in [0.1, 0.15) is 5.01 Å². The molecule has 29 heavy (non-hydrogen) atoms. The molecule has 2 aromatic carbocycles. The zero-order valence-electron chi connectivity index (χ0n) is 14.8. The van der Waals surface area contributed by atoms with E-state index in [-0.39, 0.29) is 24.3 Å². The van der Waals surface area contributed by atoms with E-state index >= 15 is 0 Å². The number of carbonyl (C=O) groups is 3. The molecule has 0 saturated carbocycles. The van der Waals surface area contributed by atoms with Crippen molar-refractivity contribution in [1.29, 1.82) is 0 Å². The minimum absolute atomic E-state index is 0.172. The highest BCUT2D eigenvalue weighted by molar-refractivity contribution is 7.13. The number of nitrogens with zero attached hydrogens (tertiary/aromatic N) is 2. The molecule has 2 amide bonds. The molecule has 0 radical (unpaired) electrons. The summed E-state index contributed by atoms with van der Waals surface area (Å²) in [6, 6.07) is 11.8. The van der Waals surface area contributed by atoms with Gasteiger partial charge in [0.05, 0.1) is 23.2 Å². The number of fused-ring (bicyclic) bond motifs is 2. The molecule has 0 spiro atoms. The second kappa shape index (κ2) is 6.71. The summed E-state index contributed by atoms with van der Waals surface area (Å²) in [6.07, 6.45) is -0.172. The SMILES string of the molecule is O=C(Cc1csc(-c2ccc3c(c2)OCO3)n1)ON1C(=O)c2ccccc2C1=O. The van der Waals surface area contributed by atoms with Gasteiger partial charge in [-0.1, -0.05) is 17.2 Å². The maximum Gasteiger partial charge on any atom is 0.339 e. The van der Waals surface area contributed by atoms with Gasteiger partial charge < -0.3 is 14.3 Å². The zero-order chi connectivity index (χ0) is 20.0. The van der Waals surface area contributed by atoms with Crippen molar-refractivity contribution in [2.75, 3.05) is 6.79 Å². The first-order chi connectivity index (χ1) is 14.1. The fourth-order valence-corrected chi connectivity index (χ4v) is 3.90. The van der Waals surface area contributed by atoms with E-state index in [0.29, 0.717) is 27.3 Å². The third kappa shape index (κ3) is 3.01. The smallest absolute Gasteiger partial charge is 0.339 e. The first-order valence-electron chi connectivity index (χ1n) is 8.63. The molecule has 0 unspecified atom stereocenters. The number of hydrogen-bond donors (Lipinski definition) is 0. The highest BCUT2D eigenvalue weighted by Gasteiger charge is 2.38. The van der Waals surface area contributed by atoms with Crippen molar-refractivity contribution in [3.63, 3.8) is 0 Å². The normalized spacial score (nSPS) is 14.3. The first-order valence-corrected chi connectivity index (χ1v) is 9.51. The Kier molecular flexibility index (Phi) is 4.02. The Balaban J connectivity index is 1.28. The van der Waals surface area contributed by atoms with E-state index in [4.69, 9.17) is 14.3 Å². The topological polar surface area (TPSA) is 95.0 Å². The van der Waals surface area contributed by atoms with E-state index in [9.17, 15) is 14.4 Å². The van der Waals surface area contributed by atoms with Crippen LogP contribution in [0.2, 0.25) is 0 Å². The number of benzene rings is 2. The van der Waals surface area contributed by atoms with Gasteiger partial charge in [-0.2, -0.15) is 0 Å². The van der Waals surface area contributed by atoms with Crippen molar-refractivity contribution in [2.45, 2.75) is 6.42 Å². The number of ether oxygens (including phenoxy) is 2. The van der Waals surface area contributed by atoms with Crippen LogP contribution in [0.3, 0.4) is 0 Å². The maximum absolute atomic E-state index is 12.3.